The smallest absolute Gasteiger partial charge is 0.289 e. The minimum Gasteiger partial charge on any atom is -0.383 e. The summed E-state index contributed by atoms with van der Waals surface area (Å²) in [4.78, 5) is 10.4. The molecule has 0 aromatic rings. The molecule has 1 rings (SSSR count). The topological polar surface area (TPSA) is 55.2 Å². The molecule has 0 aliphatic heterocycles. The Bertz CT molecular complexity index is 338. The molecule has 0 heterocycles. The molecular formula is C10H14N2O2. The lowest BCUT2D eigenvalue weighted by molar-refractivity contribution is -0.421. The van der Waals surface area contributed by atoms with Crippen molar-refractivity contribution in [2.45, 2.75) is 13.8 Å². The third kappa shape index (κ3) is 2.22. The van der Waals surface area contributed by atoms with Crippen LogP contribution < -0.4 is 5.32 Å². The minimum absolute atomic E-state index is 0.127. The summed E-state index contributed by atoms with van der Waals surface area (Å²) in [5.74, 6) is 0. The molecule has 0 fully saturated rings. The van der Waals surface area contributed by atoms with E-state index in [0.29, 0.717) is 5.70 Å². The van der Waals surface area contributed by atoms with Crippen LogP contribution in [0.4, 0.5) is 0 Å². The van der Waals surface area contributed by atoms with Gasteiger partial charge in [-0.05, 0) is 6.08 Å². The van der Waals surface area contributed by atoms with Gasteiger partial charge in [0.05, 0.1) is 4.92 Å². The molecule has 0 spiro atoms. The normalized spacial score (nSPS) is 19.4. The monoisotopic (exact) mass is 194 g/mol. The van der Waals surface area contributed by atoms with Gasteiger partial charge in [0.15, 0.2) is 0 Å². The zero-order chi connectivity index (χ0) is 10.8. The van der Waals surface area contributed by atoms with Gasteiger partial charge in [0.1, 0.15) is 5.70 Å². The maximum Gasteiger partial charge on any atom is 0.289 e. The first-order chi connectivity index (χ1) is 6.46. The highest BCUT2D eigenvalue weighted by Gasteiger charge is 2.23. The molecule has 0 saturated carbocycles. The summed E-state index contributed by atoms with van der Waals surface area (Å²) >= 11 is 0. The van der Waals surface area contributed by atoms with Crippen LogP contribution in [-0.4, -0.2) is 12.0 Å². The Kier molecular flexibility index (Phi) is 2.74. The van der Waals surface area contributed by atoms with Crippen LogP contribution in [0.1, 0.15) is 13.8 Å². The van der Waals surface area contributed by atoms with Crippen LogP contribution in [0.15, 0.2) is 35.7 Å². The van der Waals surface area contributed by atoms with Crippen LogP contribution >= 0.6 is 0 Å². The van der Waals surface area contributed by atoms with Crippen molar-refractivity contribution in [2.24, 2.45) is 5.41 Å². The molecule has 0 aromatic heterocycles. The van der Waals surface area contributed by atoms with Crippen molar-refractivity contribution < 1.29 is 4.92 Å². The third-order valence-corrected chi connectivity index (χ3v) is 2.04. The van der Waals surface area contributed by atoms with Crippen molar-refractivity contribution >= 4 is 0 Å². The second-order valence-electron chi connectivity index (χ2n) is 3.80. The Morgan fingerprint density at radius 1 is 1.50 bits per heavy atom. The molecule has 0 radical (unpaired) electrons. The van der Waals surface area contributed by atoms with Gasteiger partial charge in [0.25, 0.3) is 5.70 Å². The lowest BCUT2D eigenvalue weighted by Gasteiger charge is -2.12. The summed E-state index contributed by atoms with van der Waals surface area (Å²) in [6, 6.07) is 0. The Labute approximate surface area is 83.2 Å². The molecule has 0 aromatic carbocycles. The first-order valence-electron chi connectivity index (χ1n) is 4.41. The van der Waals surface area contributed by atoms with E-state index < -0.39 is 0 Å². The van der Waals surface area contributed by atoms with Crippen molar-refractivity contribution in [3.05, 3.63) is 45.8 Å². The number of hydrogen-bond acceptors (Lipinski definition) is 3. The van der Waals surface area contributed by atoms with Gasteiger partial charge >= 0.3 is 0 Å². The molecule has 0 unspecified atom stereocenters. The van der Waals surface area contributed by atoms with Gasteiger partial charge in [-0.25, -0.2) is 0 Å². The van der Waals surface area contributed by atoms with Crippen LogP contribution in [0, 0.1) is 15.5 Å². The van der Waals surface area contributed by atoms with Gasteiger partial charge < -0.3 is 5.32 Å². The van der Waals surface area contributed by atoms with E-state index in [1.807, 2.05) is 26.0 Å². The van der Waals surface area contributed by atoms with E-state index in [9.17, 15) is 10.1 Å². The fourth-order valence-corrected chi connectivity index (χ4v) is 1.32. The van der Waals surface area contributed by atoms with E-state index in [0.717, 1.165) is 0 Å². The van der Waals surface area contributed by atoms with Gasteiger partial charge in [0, 0.05) is 18.5 Å². The number of allylic oxidation sites excluding steroid dienone is 4. The van der Waals surface area contributed by atoms with E-state index in [2.05, 4.69) is 5.32 Å². The number of nitrogens with zero attached hydrogens (tertiary/aromatic N) is 1. The zero-order valence-electron chi connectivity index (χ0n) is 8.57. The van der Waals surface area contributed by atoms with Crippen molar-refractivity contribution in [3.8, 4) is 0 Å². The summed E-state index contributed by atoms with van der Waals surface area (Å²) < 4.78 is 0. The SMILES string of the molecule is CNC1=CC=CC(C)(C)C=C1[N+](=O)[O-]. The van der Waals surface area contributed by atoms with Crippen molar-refractivity contribution in [1.82, 2.24) is 5.32 Å². The number of hydrogen-bond donors (Lipinski definition) is 1. The van der Waals surface area contributed by atoms with E-state index in [1.54, 1.807) is 19.2 Å². The van der Waals surface area contributed by atoms with E-state index in [-0.39, 0.29) is 16.0 Å². The second kappa shape index (κ2) is 3.65. The molecule has 0 bridgehead atoms. The van der Waals surface area contributed by atoms with Gasteiger partial charge in [-0.3, -0.25) is 10.1 Å². The lowest BCUT2D eigenvalue weighted by atomic mass is 9.92. The van der Waals surface area contributed by atoms with Crippen LogP contribution in [-0.2, 0) is 0 Å². The van der Waals surface area contributed by atoms with E-state index >= 15 is 0 Å². The Hall–Kier alpha value is -1.58. The molecule has 4 nitrogen and oxygen atoms in total. The average Bonchev–Trinajstić information content (AvgIpc) is 2.23. The second-order valence-corrected chi connectivity index (χ2v) is 3.80. The third-order valence-electron chi connectivity index (χ3n) is 2.04. The van der Waals surface area contributed by atoms with Crippen LogP contribution in [0.5, 0.6) is 0 Å². The number of nitro groups is 1. The van der Waals surface area contributed by atoms with Crippen molar-refractivity contribution in [3.63, 3.8) is 0 Å². The number of rotatable bonds is 2. The molecule has 0 saturated heterocycles. The molecule has 14 heavy (non-hydrogen) atoms. The van der Waals surface area contributed by atoms with Crippen molar-refractivity contribution in [1.29, 1.82) is 0 Å². The summed E-state index contributed by atoms with van der Waals surface area (Å²) in [7, 11) is 1.68. The van der Waals surface area contributed by atoms with Crippen LogP contribution in [0.25, 0.3) is 0 Å². The molecular weight excluding hydrogens is 180 g/mol. The highest BCUT2D eigenvalue weighted by molar-refractivity contribution is 5.33. The quantitative estimate of drug-likeness (QED) is 0.539. The summed E-state index contributed by atoms with van der Waals surface area (Å²) in [6.45, 7) is 3.86. The van der Waals surface area contributed by atoms with E-state index in [1.165, 1.54) is 0 Å². The maximum atomic E-state index is 10.8. The largest absolute Gasteiger partial charge is 0.383 e. The van der Waals surface area contributed by atoms with Gasteiger partial charge in [-0.1, -0.05) is 26.0 Å². The summed E-state index contributed by atoms with van der Waals surface area (Å²) in [5.41, 5.74) is 0.386. The number of nitrogens with one attached hydrogen (secondary N) is 1. The van der Waals surface area contributed by atoms with E-state index in [4.69, 9.17) is 0 Å². The molecule has 1 aliphatic rings. The Morgan fingerprint density at radius 2 is 2.14 bits per heavy atom. The fourth-order valence-electron chi connectivity index (χ4n) is 1.32. The molecule has 0 atom stereocenters. The number of likely N-dealkylation sites (N-methyl/N-ethyl adjacent to an activating group) is 1. The van der Waals surface area contributed by atoms with Gasteiger partial charge in [-0.15, -0.1) is 0 Å². The highest BCUT2D eigenvalue weighted by atomic mass is 16.6. The lowest BCUT2D eigenvalue weighted by Crippen LogP contribution is -2.15. The molecule has 0 amide bonds. The Morgan fingerprint density at radius 3 is 2.64 bits per heavy atom. The maximum absolute atomic E-state index is 10.8. The minimum atomic E-state index is -0.364. The fraction of sp³-hybridized carbons (Fsp3) is 0.400. The molecule has 1 aliphatic carbocycles. The van der Waals surface area contributed by atoms with Crippen molar-refractivity contribution in [2.75, 3.05) is 7.05 Å². The zero-order valence-corrected chi connectivity index (χ0v) is 8.57. The molecule has 4 heteroatoms. The predicted octanol–water partition coefficient (Wildman–Crippen LogP) is 1.85. The molecule has 1 N–H and O–H groups in total. The summed E-state index contributed by atoms with van der Waals surface area (Å²) in [6.07, 6.45) is 7.13. The predicted molar refractivity (Wildman–Crippen MR) is 55.1 cm³/mol. The molecule has 76 valence electrons. The van der Waals surface area contributed by atoms with Gasteiger partial charge in [-0.2, -0.15) is 0 Å². The first-order valence-corrected chi connectivity index (χ1v) is 4.41. The van der Waals surface area contributed by atoms with Crippen LogP contribution in [0.2, 0.25) is 0 Å². The first kappa shape index (κ1) is 10.5. The van der Waals surface area contributed by atoms with Gasteiger partial charge in [0.2, 0.25) is 0 Å². The summed E-state index contributed by atoms with van der Waals surface area (Å²) in [5, 5.41) is 13.6. The average molecular weight is 194 g/mol. The van der Waals surface area contributed by atoms with Crippen LogP contribution in [0.3, 0.4) is 0 Å². The standard InChI is InChI=1S/C10H14N2O2/c1-10(2)6-4-5-8(11-3)9(7-10)12(13)14/h4-7,11H,1-3H3. The highest BCUT2D eigenvalue weighted by Crippen LogP contribution is 2.26. The Balaban J connectivity index is 3.18.